The van der Waals surface area contributed by atoms with Gasteiger partial charge in [0.25, 0.3) is 5.91 Å². The molecular weight excluding hydrogens is 268 g/mol. The smallest absolute Gasteiger partial charge is 0.270 e. The molecule has 3 rings (SSSR count). The number of nitrogens with zero attached hydrogens (tertiary/aromatic N) is 2. The van der Waals surface area contributed by atoms with Crippen molar-refractivity contribution in [2.75, 3.05) is 13.1 Å². The zero-order chi connectivity index (χ0) is 14.1. The van der Waals surface area contributed by atoms with Gasteiger partial charge in [0.05, 0.1) is 0 Å². The highest BCUT2D eigenvalue weighted by atomic mass is 32.1. The van der Waals surface area contributed by atoms with Crippen LogP contribution in [-0.4, -0.2) is 28.5 Å². The molecule has 4 heteroatoms. The van der Waals surface area contributed by atoms with Gasteiger partial charge in [0.2, 0.25) is 0 Å². The first-order valence-electron chi connectivity index (χ1n) is 7.17. The standard InChI is InChI=1S/C16H20N2OS/c1-12(2)11-18-14(10-13-6-9-20-16(13)18)15(19)17-7-4-3-5-8-17/h6,9-10H,1,3-5,7-8,11H2,2H3. The lowest BCUT2D eigenvalue weighted by Crippen LogP contribution is -2.36. The zero-order valence-electron chi connectivity index (χ0n) is 11.9. The fraction of sp³-hybridized carbons (Fsp3) is 0.438. The van der Waals surface area contributed by atoms with Crippen molar-refractivity contribution in [3.05, 3.63) is 35.4 Å². The summed E-state index contributed by atoms with van der Waals surface area (Å²) in [5.41, 5.74) is 1.89. The van der Waals surface area contributed by atoms with E-state index in [4.69, 9.17) is 0 Å². The molecule has 0 N–H and O–H groups in total. The number of rotatable bonds is 3. The average Bonchev–Trinajstić information content (AvgIpc) is 3.01. The topological polar surface area (TPSA) is 25.2 Å². The number of carbonyl (C=O) groups excluding carboxylic acids is 1. The van der Waals surface area contributed by atoms with Crippen LogP contribution in [0, 0.1) is 0 Å². The van der Waals surface area contributed by atoms with Gasteiger partial charge in [-0.15, -0.1) is 11.3 Å². The first-order chi connectivity index (χ1) is 9.66. The molecule has 3 heterocycles. The van der Waals surface area contributed by atoms with Crippen LogP contribution >= 0.6 is 11.3 Å². The highest BCUT2D eigenvalue weighted by Gasteiger charge is 2.23. The molecule has 0 spiro atoms. The molecule has 2 aromatic rings. The minimum absolute atomic E-state index is 0.175. The number of aromatic nitrogens is 1. The Morgan fingerprint density at radius 3 is 2.80 bits per heavy atom. The van der Waals surface area contributed by atoms with E-state index >= 15 is 0 Å². The van der Waals surface area contributed by atoms with Crippen LogP contribution in [0.2, 0.25) is 0 Å². The van der Waals surface area contributed by atoms with E-state index in [-0.39, 0.29) is 5.91 Å². The predicted molar refractivity (Wildman–Crippen MR) is 84.4 cm³/mol. The quantitative estimate of drug-likeness (QED) is 0.786. The number of thiophene rings is 1. The molecule has 0 saturated carbocycles. The molecule has 1 saturated heterocycles. The minimum Gasteiger partial charge on any atom is -0.337 e. The Labute approximate surface area is 123 Å². The SMILES string of the molecule is C=C(C)Cn1c(C(=O)N2CCCCC2)cc2ccsc21. The lowest BCUT2D eigenvalue weighted by atomic mass is 10.1. The molecule has 0 radical (unpaired) electrons. The van der Waals surface area contributed by atoms with Gasteiger partial charge in [0, 0.05) is 25.0 Å². The van der Waals surface area contributed by atoms with E-state index in [0.717, 1.165) is 49.1 Å². The van der Waals surface area contributed by atoms with Gasteiger partial charge >= 0.3 is 0 Å². The molecule has 2 aromatic heterocycles. The molecule has 1 aliphatic heterocycles. The van der Waals surface area contributed by atoms with Crippen LogP contribution in [-0.2, 0) is 6.54 Å². The maximum absolute atomic E-state index is 12.7. The molecule has 3 nitrogen and oxygen atoms in total. The summed E-state index contributed by atoms with van der Waals surface area (Å²) in [5, 5.41) is 3.24. The van der Waals surface area contributed by atoms with Crippen molar-refractivity contribution in [2.45, 2.75) is 32.7 Å². The van der Waals surface area contributed by atoms with Gasteiger partial charge in [-0.25, -0.2) is 0 Å². The molecule has 20 heavy (non-hydrogen) atoms. The van der Waals surface area contributed by atoms with Gasteiger partial charge in [-0.3, -0.25) is 4.79 Å². The Bertz CT molecular complexity index is 647. The maximum Gasteiger partial charge on any atom is 0.270 e. The van der Waals surface area contributed by atoms with E-state index in [2.05, 4.69) is 22.6 Å². The Balaban J connectivity index is 1.98. The van der Waals surface area contributed by atoms with Crippen molar-refractivity contribution in [1.82, 2.24) is 9.47 Å². The number of fused-ring (bicyclic) bond motifs is 1. The molecule has 1 aliphatic rings. The molecule has 1 amide bonds. The third kappa shape index (κ3) is 2.40. The van der Waals surface area contributed by atoms with Gasteiger partial charge < -0.3 is 9.47 Å². The summed E-state index contributed by atoms with van der Waals surface area (Å²) in [6.07, 6.45) is 3.49. The zero-order valence-corrected chi connectivity index (χ0v) is 12.7. The van der Waals surface area contributed by atoms with Crippen LogP contribution in [0.1, 0.15) is 36.7 Å². The summed E-state index contributed by atoms with van der Waals surface area (Å²) in [4.78, 5) is 15.9. The first-order valence-corrected chi connectivity index (χ1v) is 8.05. The predicted octanol–water partition coefficient (Wildman–Crippen LogP) is 3.91. The highest BCUT2D eigenvalue weighted by molar-refractivity contribution is 7.16. The van der Waals surface area contributed by atoms with Crippen molar-refractivity contribution in [3.8, 4) is 0 Å². The fourth-order valence-corrected chi connectivity index (χ4v) is 3.73. The molecule has 0 aliphatic carbocycles. The molecular formula is C16H20N2OS. The van der Waals surface area contributed by atoms with Crippen LogP contribution in [0.4, 0.5) is 0 Å². The fourth-order valence-electron chi connectivity index (χ4n) is 2.84. The maximum atomic E-state index is 12.7. The molecule has 106 valence electrons. The summed E-state index contributed by atoms with van der Waals surface area (Å²) in [6, 6.07) is 4.12. The van der Waals surface area contributed by atoms with Crippen LogP contribution in [0.25, 0.3) is 10.2 Å². The number of hydrogen-bond acceptors (Lipinski definition) is 2. The van der Waals surface area contributed by atoms with Gasteiger partial charge in [-0.05, 0) is 43.7 Å². The Kier molecular flexibility index (Phi) is 3.66. The number of likely N-dealkylation sites (tertiary alicyclic amines) is 1. The monoisotopic (exact) mass is 288 g/mol. The van der Waals surface area contributed by atoms with Crippen molar-refractivity contribution in [3.63, 3.8) is 0 Å². The van der Waals surface area contributed by atoms with Gasteiger partial charge in [-0.2, -0.15) is 0 Å². The highest BCUT2D eigenvalue weighted by Crippen LogP contribution is 2.27. The van der Waals surface area contributed by atoms with Crippen LogP contribution in [0.3, 0.4) is 0 Å². The molecule has 0 bridgehead atoms. The minimum atomic E-state index is 0.175. The van der Waals surface area contributed by atoms with Crippen LogP contribution < -0.4 is 0 Å². The Morgan fingerprint density at radius 2 is 2.10 bits per heavy atom. The van der Waals surface area contributed by atoms with E-state index in [1.54, 1.807) is 11.3 Å². The third-order valence-electron chi connectivity index (χ3n) is 3.79. The lowest BCUT2D eigenvalue weighted by molar-refractivity contribution is 0.0714. The summed E-state index contributed by atoms with van der Waals surface area (Å²) >= 11 is 1.69. The van der Waals surface area contributed by atoms with Gasteiger partial charge in [0.1, 0.15) is 10.5 Å². The van der Waals surface area contributed by atoms with E-state index in [1.165, 1.54) is 11.3 Å². The van der Waals surface area contributed by atoms with E-state index < -0.39 is 0 Å². The second-order valence-electron chi connectivity index (χ2n) is 5.61. The largest absolute Gasteiger partial charge is 0.337 e. The summed E-state index contributed by atoms with van der Waals surface area (Å²) in [5.74, 6) is 0.175. The van der Waals surface area contributed by atoms with Gasteiger partial charge in [-0.1, -0.05) is 12.2 Å². The number of carbonyl (C=O) groups is 1. The van der Waals surface area contributed by atoms with Crippen LogP contribution in [0.5, 0.6) is 0 Å². The molecule has 1 fully saturated rings. The van der Waals surface area contributed by atoms with Crippen molar-refractivity contribution < 1.29 is 4.79 Å². The summed E-state index contributed by atoms with van der Waals surface area (Å²) in [7, 11) is 0. The normalized spacial score (nSPS) is 15.8. The average molecular weight is 288 g/mol. The van der Waals surface area contributed by atoms with Crippen molar-refractivity contribution in [2.24, 2.45) is 0 Å². The molecule has 0 aromatic carbocycles. The second kappa shape index (κ2) is 5.44. The van der Waals surface area contributed by atoms with Crippen LogP contribution in [0.15, 0.2) is 29.7 Å². The van der Waals surface area contributed by atoms with E-state index in [9.17, 15) is 4.79 Å². The Hall–Kier alpha value is -1.55. The number of amides is 1. The molecule has 0 unspecified atom stereocenters. The first kappa shape index (κ1) is 13.4. The number of hydrogen-bond donors (Lipinski definition) is 0. The summed E-state index contributed by atoms with van der Waals surface area (Å²) < 4.78 is 2.12. The Morgan fingerprint density at radius 1 is 1.35 bits per heavy atom. The van der Waals surface area contributed by atoms with Crippen molar-refractivity contribution >= 4 is 27.5 Å². The van der Waals surface area contributed by atoms with Gasteiger partial charge in [0.15, 0.2) is 0 Å². The third-order valence-corrected chi connectivity index (χ3v) is 4.74. The van der Waals surface area contributed by atoms with E-state index in [0.29, 0.717) is 0 Å². The lowest BCUT2D eigenvalue weighted by Gasteiger charge is -2.27. The number of piperidine rings is 1. The summed E-state index contributed by atoms with van der Waals surface area (Å²) in [6.45, 7) is 8.51. The second-order valence-corrected chi connectivity index (χ2v) is 6.50. The van der Waals surface area contributed by atoms with E-state index in [1.807, 2.05) is 17.9 Å². The molecule has 0 atom stereocenters. The van der Waals surface area contributed by atoms with Crippen molar-refractivity contribution in [1.29, 1.82) is 0 Å². The number of allylic oxidation sites excluding steroid dienone is 1.